The molecule has 4 nitrogen and oxygen atoms in total. The molecule has 25 heavy (non-hydrogen) atoms. The standard InChI is InChI=1S/C17H20F4N4/c1-9-23-24-16-3-2-10-6-11(14(18)7-15(10)25(9)16)12-8-22-5-4-13(12)17(19,20)21/h4-6,8-9,12-14,16,23-24H,2-3,7H2,1H3/t9-,12?,13+,14-,16+/m0/s1. The first kappa shape index (κ1) is 16.8. The SMILES string of the molecule is C[C@H]1NN[C@H]2CCC3=C(C[C@H](F)C(C4C=NC=C[C@H]4C(F)(F)F)=C3)N21. The number of alkyl halides is 4. The molecule has 8 heteroatoms. The Hall–Kier alpha value is -1.67. The van der Waals surface area contributed by atoms with Crippen molar-refractivity contribution < 1.29 is 17.6 Å². The minimum atomic E-state index is -4.42. The van der Waals surface area contributed by atoms with Gasteiger partial charge in [0.1, 0.15) is 6.17 Å². The summed E-state index contributed by atoms with van der Waals surface area (Å²) in [5.74, 6) is -2.79. The van der Waals surface area contributed by atoms with E-state index in [4.69, 9.17) is 0 Å². The van der Waals surface area contributed by atoms with Gasteiger partial charge in [-0.3, -0.25) is 4.99 Å². The third-order valence-electron chi connectivity index (χ3n) is 5.43. The molecule has 1 aliphatic carbocycles. The largest absolute Gasteiger partial charge is 0.396 e. The van der Waals surface area contributed by atoms with Gasteiger partial charge in [-0.25, -0.2) is 15.2 Å². The second-order valence-electron chi connectivity index (χ2n) is 6.95. The van der Waals surface area contributed by atoms with E-state index in [2.05, 4.69) is 20.7 Å². The number of allylic oxidation sites excluding steroid dienone is 5. The van der Waals surface area contributed by atoms with E-state index in [-0.39, 0.29) is 24.3 Å². The van der Waals surface area contributed by atoms with Crippen molar-refractivity contribution in [1.82, 2.24) is 15.8 Å². The third-order valence-corrected chi connectivity index (χ3v) is 5.43. The maximum absolute atomic E-state index is 14.9. The zero-order chi connectivity index (χ0) is 17.8. The topological polar surface area (TPSA) is 39.7 Å². The molecule has 2 N–H and O–H groups in total. The van der Waals surface area contributed by atoms with Crippen LogP contribution in [0.3, 0.4) is 0 Å². The predicted octanol–water partition coefficient (Wildman–Crippen LogP) is 3.18. The summed E-state index contributed by atoms with van der Waals surface area (Å²) < 4.78 is 54.9. The number of nitrogens with zero attached hydrogens (tertiary/aromatic N) is 2. The van der Waals surface area contributed by atoms with Crippen molar-refractivity contribution >= 4 is 6.21 Å². The van der Waals surface area contributed by atoms with Crippen LogP contribution in [0.25, 0.3) is 0 Å². The molecule has 0 radical (unpaired) electrons. The Morgan fingerprint density at radius 3 is 2.84 bits per heavy atom. The van der Waals surface area contributed by atoms with Crippen molar-refractivity contribution in [2.75, 3.05) is 0 Å². The molecule has 1 saturated heterocycles. The van der Waals surface area contributed by atoms with Gasteiger partial charge in [0.2, 0.25) is 0 Å². The summed E-state index contributed by atoms with van der Waals surface area (Å²) in [6.45, 7) is 1.98. The Balaban J connectivity index is 1.69. The zero-order valence-corrected chi connectivity index (χ0v) is 13.7. The van der Waals surface area contributed by atoms with Crippen LogP contribution in [0.15, 0.2) is 40.2 Å². The van der Waals surface area contributed by atoms with Gasteiger partial charge in [-0.2, -0.15) is 13.2 Å². The van der Waals surface area contributed by atoms with Crippen LogP contribution in [0.5, 0.6) is 0 Å². The maximum Gasteiger partial charge on any atom is 0.396 e. The number of rotatable bonds is 1. The Bertz CT molecular complexity index is 679. The smallest absolute Gasteiger partial charge is 0.341 e. The average Bonchev–Trinajstić information content (AvgIpc) is 2.95. The molecule has 5 atom stereocenters. The molecule has 0 spiro atoms. The number of aliphatic imine (C=N–C) groups is 1. The number of hydrazine groups is 1. The molecule has 0 aromatic rings. The molecule has 4 rings (SSSR count). The number of hydrogen-bond acceptors (Lipinski definition) is 4. The Kier molecular flexibility index (Phi) is 3.99. The zero-order valence-electron chi connectivity index (χ0n) is 13.7. The second-order valence-corrected chi connectivity index (χ2v) is 6.95. The van der Waals surface area contributed by atoms with E-state index in [9.17, 15) is 17.6 Å². The minimum Gasteiger partial charge on any atom is -0.341 e. The highest BCUT2D eigenvalue weighted by Crippen LogP contribution is 2.44. The molecule has 3 aliphatic heterocycles. The number of nitrogens with one attached hydrogen (secondary N) is 2. The second kappa shape index (κ2) is 5.95. The fraction of sp³-hybridized carbons (Fsp3) is 0.588. The molecule has 0 saturated carbocycles. The van der Waals surface area contributed by atoms with Gasteiger partial charge < -0.3 is 4.90 Å². The fourth-order valence-corrected chi connectivity index (χ4v) is 4.24. The third kappa shape index (κ3) is 2.81. The minimum absolute atomic E-state index is 0.0274. The number of hydrogen-bond donors (Lipinski definition) is 2. The Morgan fingerprint density at radius 2 is 2.08 bits per heavy atom. The van der Waals surface area contributed by atoms with Crippen LogP contribution in [-0.4, -0.2) is 35.8 Å². The van der Waals surface area contributed by atoms with Gasteiger partial charge in [-0.15, -0.1) is 0 Å². The van der Waals surface area contributed by atoms with Crippen LogP contribution in [0, 0.1) is 11.8 Å². The summed E-state index contributed by atoms with van der Waals surface area (Å²) in [4.78, 5) is 5.95. The first-order chi connectivity index (χ1) is 11.9. The number of fused-ring (bicyclic) bond motifs is 2. The summed E-state index contributed by atoms with van der Waals surface area (Å²) in [5.41, 5.74) is 8.34. The van der Waals surface area contributed by atoms with Crippen LogP contribution in [0.2, 0.25) is 0 Å². The van der Waals surface area contributed by atoms with Crippen LogP contribution < -0.4 is 10.9 Å². The van der Waals surface area contributed by atoms with Gasteiger partial charge in [-0.05, 0) is 30.9 Å². The normalized spacial score (nSPS) is 37.9. The van der Waals surface area contributed by atoms with Crippen molar-refractivity contribution in [3.63, 3.8) is 0 Å². The van der Waals surface area contributed by atoms with E-state index >= 15 is 0 Å². The van der Waals surface area contributed by atoms with E-state index in [1.807, 2.05) is 6.92 Å². The number of halogens is 4. The van der Waals surface area contributed by atoms with Gasteiger partial charge in [-0.1, -0.05) is 12.2 Å². The van der Waals surface area contributed by atoms with Crippen LogP contribution >= 0.6 is 0 Å². The summed E-state index contributed by atoms with van der Waals surface area (Å²) in [5, 5.41) is 0. The molecule has 3 heterocycles. The maximum atomic E-state index is 14.9. The highest BCUT2D eigenvalue weighted by Gasteiger charge is 2.47. The summed E-state index contributed by atoms with van der Waals surface area (Å²) in [6.07, 6.45) is 1.01. The lowest BCUT2D eigenvalue weighted by atomic mass is 9.77. The molecule has 1 unspecified atom stereocenters. The van der Waals surface area contributed by atoms with Crippen LogP contribution in [0.4, 0.5) is 17.6 Å². The lowest BCUT2D eigenvalue weighted by Gasteiger charge is -2.40. The van der Waals surface area contributed by atoms with Gasteiger partial charge in [0, 0.05) is 30.5 Å². The van der Waals surface area contributed by atoms with E-state index in [1.165, 1.54) is 6.21 Å². The molecule has 0 aromatic carbocycles. The average molecular weight is 356 g/mol. The van der Waals surface area contributed by atoms with Gasteiger partial charge in [0.05, 0.1) is 18.2 Å². The van der Waals surface area contributed by atoms with Crippen LogP contribution in [0.1, 0.15) is 26.2 Å². The monoisotopic (exact) mass is 356 g/mol. The lowest BCUT2D eigenvalue weighted by Crippen LogP contribution is -2.43. The van der Waals surface area contributed by atoms with E-state index in [0.717, 1.165) is 36.4 Å². The highest BCUT2D eigenvalue weighted by molar-refractivity contribution is 5.69. The molecule has 0 aromatic heterocycles. The Morgan fingerprint density at radius 1 is 1.28 bits per heavy atom. The summed E-state index contributed by atoms with van der Waals surface area (Å²) in [7, 11) is 0. The molecule has 136 valence electrons. The molecular formula is C17H20F4N4. The first-order valence-electron chi connectivity index (χ1n) is 8.50. The van der Waals surface area contributed by atoms with E-state index in [0.29, 0.717) is 0 Å². The van der Waals surface area contributed by atoms with E-state index in [1.54, 1.807) is 6.08 Å². The van der Waals surface area contributed by atoms with Gasteiger partial charge in [0.25, 0.3) is 0 Å². The van der Waals surface area contributed by atoms with Crippen molar-refractivity contribution in [1.29, 1.82) is 0 Å². The molecule has 4 aliphatic rings. The fourth-order valence-electron chi connectivity index (χ4n) is 4.24. The molecular weight excluding hydrogens is 336 g/mol. The van der Waals surface area contributed by atoms with Crippen molar-refractivity contribution in [2.24, 2.45) is 16.8 Å². The molecule has 0 bridgehead atoms. The van der Waals surface area contributed by atoms with Crippen molar-refractivity contribution in [3.8, 4) is 0 Å². The Labute approximate surface area is 143 Å². The lowest BCUT2D eigenvalue weighted by molar-refractivity contribution is -0.166. The summed E-state index contributed by atoms with van der Waals surface area (Å²) in [6, 6.07) is 0. The quantitative estimate of drug-likeness (QED) is 0.709. The van der Waals surface area contributed by atoms with Gasteiger partial charge in [0.15, 0.2) is 0 Å². The van der Waals surface area contributed by atoms with Gasteiger partial charge >= 0.3 is 6.18 Å². The predicted molar refractivity (Wildman–Crippen MR) is 85.9 cm³/mol. The van der Waals surface area contributed by atoms with Crippen molar-refractivity contribution in [3.05, 3.63) is 35.2 Å². The first-order valence-corrected chi connectivity index (χ1v) is 8.50. The molecule has 0 amide bonds. The van der Waals surface area contributed by atoms with Crippen molar-refractivity contribution in [2.45, 2.75) is 50.9 Å². The molecule has 1 fully saturated rings. The van der Waals surface area contributed by atoms with E-state index < -0.39 is 24.2 Å². The van der Waals surface area contributed by atoms with Crippen LogP contribution in [-0.2, 0) is 0 Å². The highest BCUT2D eigenvalue weighted by atomic mass is 19.4. The summed E-state index contributed by atoms with van der Waals surface area (Å²) >= 11 is 0.